The minimum absolute atomic E-state index is 0.148. The quantitative estimate of drug-likeness (QED) is 0.632. The fourth-order valence-corrected chi connectivity index (χ4v) is 3.29. The van der Waals surface area contributed by atoms with Crippen molar-refractivity contribution < 1.29 is 38.4 Å². The summed E-state index contributed by atoms with van der Waals surface area (Å²) in [4.78, 5) is 35.9. The Bertz CT molecular complexity index is 1120. The van der Waals surface area contributed by atoms with Gasteiger partial charge in [0.05, 0.1) is 5.56 Å². The van der Waals surface area contributed by atoms with Crippen LogP contribution in [0, 0.1) is 5.92 Å². The number of allylic oxidation sites excluding steroid dienone is 1. The molecule has 9 nitrogen and oxygen atoms in total. The van der Waals surface area contributed by atoms with Crippen LogP contribution in [0.2, 0.25) is 0 Å². The number of ether oxygens (including phenoxy) is 4. The van der Waals surface area contributed by atoms with Gasteiger partial charge in [-0.2, -0.15) is 0 Å². The minimum Gasteiger partial charge on any atom is -0.484 e. The summed E-state index contributed by atoms with van der Waals surface area (Å²) in [7, 11) is 0. The molecule has 0 saturated heterocycles. The largest absolute Gasteiger partial charge is 0.484 e. The Labute approximate surface area is 183 Å². The second-order valence-electron chi connectivity index (χ2n) is 7.63. The van der Waals surface area contributed by atoms with Crippen LogP contribution in [-0.4, -0.2) is 42.2 Å². The molecule has 9 heteroatoms. The molecule has 2 heterocycles. The molecule has 166 valence electrons. The van der Waals surface area contributed by atoms with Crippen molar-refractivity contribution in [2.24, 2.45) is 5.92 Å². The van der Waals surface area contributed by atoms with Crippen molar-refractivity contribution in [3.8, 4) is 23.0 Å². The first-order chi connectivity index (χ1) is 15.3. The first-order valence-electron chi connectivity index (χ1n) is 9.94. The van der Waals surface area contributed by atoms with E-state index in [9.17, 15) is 14.4 Å². The summed E-state index contributed by atoms with van der Waals surface area (Å²) in [5.74, 6) is -0.213. The second-order valence-corrected chi connectivity index (χ2v) is 7.63. The lowest BCUT2D eigenvalue weighted by atomic mass is 10.1. The van der Waals surface area contributed by atoms with Gasteiger partial charge in [0, 0.05) is 6.07 Å². The van der Waals surface area contributed by atoms with E-state index in [1.165, 1.54) is 6.07 Å². The number of fused-ring (bicyclic) bond motifs is 2. The Balaban J connectivity index is 1.42. The maximum absolute atomic E-state index is 12.7. The summed E-state index contributed by atoms with van der Waals surface area (Å²) in [6.45, 7) is 3.18. The predicted octanol–water partition coefficient (Wildman–Crippen LogP) is 2.64. The molecule has 2 aliphatic heterocycles. The van der Waals surface area contributed by atoms with Gasteiger partial charge in [0.1, 0.15) is 17.5 Å². The monoisotopic (exact) mass is 439 g/mol. The maximum atomic E-state index is 12.7. The van der Waals surface area contributed by atoms with E-state index in [1.54, 1.807) is 50.3 Å². The number of carboxylic acids is 1. The molecule has 32 heavy (non-hydrogen) atoms. The van der Waals surface area contributed by atoms with E-state index in [-0.39, 0.29) is 30.9 Å². The molecule has 2 aliphatic rings. The van der Waals surface area contributed by atoms with E-state index in [1.807, 2.05) is 0 Å². The van der Waals surface area contributed by atoms with E-state index < -0.39 is 17.9 Å². The summed E-state index contributed by atoms with van der Waals surface area (Å²) < 4.78 is 21.8. The smallest absolute Gasteiger partial charge is 0.326 e. The van der Waals surface area contributed by atoms with Crippen LogP contribution < -0.4 is 24.3 Å². The average Bonchev–Trinajstić information content (AvgIpc) is 3.34. The molecule has 0 aromatic heterocycles. The molecule has 1 atom stereocenters. The molecule has 2 N–H and O–H groups in total. The normalized spacial score (nSPS) is 16.0. The number of amides is 1. The molecule has 1 unspecified atom stereocenters. The lowest BCUT2D eigenvalue weighted by Crippen LogP contribution is -2.46. The molecule has 0 fully saturated rings. The number of Topliss-reactive ketones (excluding diaryl/α,β-unsaturated/α-hetero) is 1. The van der Waals surface area contributed by atoms with Crippen molar-refractivity contribution >= 4 is 23.7 Å². The van der Waals surface area contributed by atoms with Gasteiger partial charge >= 0.3 is 5.97 Å². The van der Waals surface area contributed by atoms with Crippen LogP contribution in [0.3, 0.4) is 0 Å². The Morgan fingerprint density at radius 1 is 1.12 bits per heavy atom. The summed E-state index contributed by atoms with van der Waals surface area (Å²) in [6.07, 6.45) is 1.61. The molecule has 4 rings (SSSR count). The molecule has 0 radical (unpaired) electrons. The van der Waals surface area contributed by atoms with Crippen molar-refractivity contribution in [1.82, 2.24) is 5.32 Å². The Hall–Kier alpha value is -4.01. The van der Waals surface area contributed by atoms with E-state index in [0.29, 0.717) is 28.6 Å². The van der Waals surface area contributed by atoms with E-state index in [0.717, 1.165) is 5.56 Å². The van der Waals surface area contributed by atoms with Crippen molar-refractivity contribution in [1.29, 1.82) is 0 Å². The highest BCUT2D eigenvalue weighted by atomic mass is 16.7. The van der Waals surface area contributed by atoms with Crippen molar-refractivity contribution in [2.45, 2.75) is 19.9 Å². The van der Waals surface area contributed by atoms with Gasteiger partial charge in [-0.1, -0.05) is 19.9 Å². The van der Waals surface area contributed by atoms with Gasteiger partial charge in [0.2, 0.25) is 12.6 Å². The number of benzene rings is 2. The Kier molecular flexibility index (Phi) is 5.72. The molecular formula is C23H21NO8. The van der Waals surface area contributed by atoms with Gasteiger partial charge in [-0.15, -0.1) is 0 Å². The summed E-state index contributed by atoms with van der Waals surface area (Å²) in [5, 5.41) is 11.6. The number of carbonyl (C=O) groups excluding carboxylic acids is 2. The van der Waals surface area contributed by atoms with Crippen molar-refractivity contribution in [2.75, 3.05) is 13.4 Å². The van der Waals surface area contributed by atoms with Crippen LogP contribution in [0.4, 0.5) is 0 Å². The number of rotatable bonds is 7. The number of carbonyl (C=O) groups is 3. The van der Waals surface area contributed by atoms with Crippen LogP contribution in [-0.2, 0) is 9.59 Å². The highest BCUT2D eigenvalue weighted by Gasteiger charge is 2.28. The minimum atomic E-state index is -1.11. The number of aliphatic carboxylic acids is 1. The number of nitrogens with one attached hydrogen (secondary N) is 1. The van der Waals surface area contributed by atoms with E-state index in [2.05, 4.69) is 5.32 Å². The summed E-state index contributed by atoms with van der Waals surface area (Å²) >= 11 is 0. The van der Waals surface area contributed by atoms with Crippen LogP contribution in [0.5, 0.6) is 23.0 Å². The molecule has 0 spiro atoms. The van der Waals surface area contributed by atoms with Gasteiger partial charge in [-0.05, 0) is 41.8 Å². The molecule has 2 aromatic rings. The number of ketones is 1. The summed E-state index contributed by atoms with van der Waals surface area (Å²) in [5.41, 5.74) is 1.09. The molecular weight excluding hydrogens is 418 g/mol. The lowest BCUT2D eigenvalue weighted by Gasteiger charge is -2.18. The van der Waals surface area contributed by atoms with Gasteiger partial charge in [0.25, 0.3) is 5.91 Å². The highest BCUT2D eigenvalue weighted by Crippen LogP contribution is 2.37. The Morgan fingerprint density at radius 2 is 1.91 bits per heavy atom. The number of hydrogen-bond donors (Lipinski definition) is 2. The summed E-state index contributed by atoms with van der Waals surface area (Å²) in [6, 6.07) is 8.91. The highest BCUT2D eigenvalue weighted by molar-refractivity contribution is 6.14. The van der Waals surface area contributed by atoms with Crippen LogP contribution in [0.15, 0.2) is 42.2 Å². The molecule has 1 amide bonds. The third-order valence-corrected chi connectivity index (χ3v) is 4.95. The maximum Gasteiger partial charge on any atom is 0.326 e. The lowest BCUT2D eigenvalue weighted by molar-refractivity contribution is -0.143. The zero-order chi connectivity index (χ0) is 22.8. The van der Waals surface area contributed by atoms with E-state index in [4.69, 9.17) is 24.1 Å². The topological polar surface area (TPSA) is 120 Å². The van der Waals surface area contributed by atoms with Crippen LogP contribution >= 0.6 is 0 Å². The molecule has 2 aromatic carbocycles. The third kappa shape index (κ3) is 4.36. The van der Waals surface area contributed by atoms with Gasteiger partial charge in [0.15, 0.2) is 23.9 Å². The van der Waals surface area contributed by atoms with Crippen LogP contribution in [0.25, 0.3) is 6.08 Å². The van der Waals surface area contributed by atoms with E-state index >= 15 is 0 Å². The van der Waals surface area contributed by atoms with Crippen LogP contribution in [0.1, 0.15) is 29.8 Å². The predicted molar refractivity (Wildman–Crippen MR) is 112 cm³/mol. The zero-order valence-electron chi connectivity index (χ0n) is 17.4. The SMILES string of the molecule is CC(C)C(NC(=O)COc1ccc2c(c1)O/C(=C/c1ccc3c(c1)OCO3)C2=O)C(=O)O. The third-order valence-electron chi connectivity index (χ3n) is 4.95. The first kappa shape index (κ1) is 21.2. The number of carboxylic acid groups (broad SMARTS) is 1. The second kappa shape index (κ2) is 8.62. The molecule has 0 bridgehead atoms. The Morgan fingerprint density at radius 3 is 2.66 bits per heavy atom. The fraction of sp³-hybridized carbons (Fsp3) is 0.261. The van der Waals surface area contributed by atoms with Gasteiger partial charge in [-0.3, -0.25) is 9.59 Å². The average molecular weight is 439 g/mol. The van der Waals surface area contributed by atoms with Gasteiger partial charge < -0.3 is 29.4 Å². The van der Waals surface area contributed by atoms with Crippen molar-refractivity contribution in [3.05, 3.63) is 53.3 Å². The van der Waals surface area contributed by atoms with Crippen molar-refractivity contribution in [3.63, 3.8) is 0 Å². The molecule has 0 saturated carbocycles. The number of hydrogen-bond acceptors (Lipinski definition) is 7. The van der Waals surface area contributed by atoms with Gasteiger partial charge in [-0.25, -0.2) is 4.79 Å². The fourth-order valence-electron chi connectivity index (χ4n) is 3.29. The molecule has 0 aliphatic carbocycles. The zero-order valence-corrected chi connectivity index (χ0v) is 17.4. The first-order valence-corrected chi connectivity index (χ1v) is 9.94. The standard InChI is InChI=1S/C23H21NO8/c1-12(2)21(23(27)28)24-20(25)10-29-14-4-5-15-17(9-14)32-19(22(15)26)8-13-3-6-16-18(7-13)31-11-30-16/h3-9,12,21H,10-11H2,1-2H3,(H,24,25)(H,27,28)/b19-8+.